The summed E-state index contributed by atoms with van der Waals surface area (Å²) in [5.74, 6) is 0.0136. The van der Waals surface area contributed by atoms with Crippen LogP contribution in [0.15, 0.2) is 48.5 Å². The first-order chi connectivity index (χ1) is 10.6. The van der Waals surface area contributed by atoms with Gasteiger partial charge < -0.3 is 5.11 Å². The Hall–Kier alpha value is -1.53. The molecule has 0 bridgehead atoms. The summed E-state index contributed by atoms with van der Waals surface area (Å²) in [6.45, 7) is 0. The zero-order valence-corrected chi connectivity index (χ0v) is 13.3. The van der Waals surface area contributed by atoms with Crippen molar-refractivity contribution in [1.29, 1.82) is 0 Å². The first-order valence-electron chi connectivity index (χ1n) is 6.65. The first kappa shape index (κ1) is 16.8. The molecule has 1 atom stereocenters. The number of halogens is 1. The molecule has 2 rings (SSSR count). The van der Waals surface area contributed by atoms with Crippen molar-refractivity contribution in [2.24, 2.45) is 0 Å². The summed E-state index contributed by atoms with van der Waals surface area (Å²) in [6, 6.07) is 15.2. The molecule has 4 nitrogen and oxygen atoms in total. The highest BCUT2D eigenvalue weighted by molar-refractivity contribution is 7.99. The number of carbonyl (C=O) groups excluding carboxylic acids is 1. The second-order valence-corrected chi connectivity index (χ2v) is 6.16. The molecule has 0 spiro atoms. The van der Waals surface area contributed by atoms with E-state index >= 15 is 0 Å². The van der Waals surface area contributed by atoms with Gasteiger partial charge in [0.05, 0.1) is 11.9 Å². The third-order valence-electron chi connectivity index (χ3n) is 3.11. The second-order valence-electron chi connectivity index (χ2n) is 4.69. The number of nitrogens with one attached hydrogen (secondary N) is 1. The van der Waals surface area contributed by atoms with Gasteiger partial charge in [-0.25, -0.2) is 5.48 Å². The van der Waals surface area contributed by atoms with Gasteiger partial charge >= 0.3 is 0 Å². The molecule has 0 aromatic heterocycles. The van der Waals surface area contributed by atoms with E-state index in [2.05, 4.69) is 0 Å². The fraction of sp³-hybridized carbons (Fsp3) is 0.188. The highest BCUT2D eigenvalue weighted by Gasteiger charge is 2.09. The van der Waals surface area contributed by atoms with Crippen LogP contribution in [0.5, 0.6) is 0 Å². The SMILES string of the molecule is O=C(CSCC(O)c1ccc(-c2ccc(Cl)cc2)cc1)NO. The van der Waals surface area contributed by atoms with Crippen molar-refractivity contribution in [2.75, 3.05) is 11.5 Å². The molecule has 2 aromatic rings. The molecule has 0 saturated carbocycles. The predicted octanol–water partition coefficient (Wildman–Crippen LogP) is 3.28. The molecule has 22 heavy (non-hydrogen) atoms. The van der Waals surface area contributed by atoms with E-state index in [0.29, 0.717) is 10.8 Å². The number of hydrogen-bond acceptors (Lipinski definition) is 4. The molecule has 0 radical (unpaired) electrons. The Bertz CT molecular complexity index is 616. The third-order valence-corrected chi connectivity index (χ3v) is 4.38. The Labute approximate surface area is 138 Å². The Kier molecular flexibility index (Phi) is 6.27. The lowest BCUT2D eigenvalue weighted by Gasteiger charge is -2.11. The third kappa shape index (κ3) is 4.74. The number of rotatable bonds is 6. The number of benzene rings is 2. The van der Waals surface area contributed by atoms with Gasteiger partial charge in [0.15, 0.2) is 0 Å². The summed E-state index contributed by atoms with van der Waals surface area (Å²) >= 11 is 7.12. The maximum absolute atomic E-state index is 10.9. The van der Waals surface area contributed by atoms with E-state index in [9.17, 15) is 9.90 Å². The largest absolute Gasteiger partial charge is 0.388 e. The summed E-state index contributed by atoms with van der Waals surface area (Å²) in [7, 11) is 0. The van der Waals surface area contributed by atoms with Gasteiger partial charge in [0.1, 0.15) is 0 Å². The van der Waals surface area contributed by atoms with Crippen LogP contribution in [0.1, 0.15) is 11.7 Å². The lowest BCUT2D eigenvalue weighted by Crippen LogP contribution is -2.21. The highest BCUT2D eigenvalue weighted by atomic mass is 35.5. The summed E-state index contributed by atoms with van der Waals surface area (Å²) in [5.41, 5.74) is 4.44. The van der Waals surface area contributed by atoms with Gasteiger partial charge in [0.2, 0.25) is 0 Å². The quantitative estimate of drug-likeness (QED) is 0.559. The maximum atomic E-state index is 10.9. The van der Waals surface area contributed by atoms with E-state index in [-0.39, 0.29) is 5.75 Å². The number of carbonyl (C=O) groups is 1. The zero-order valence-electron chi connectivity index (χ0n) is 11.7. The van der Waals surface area contributed by atoms with Crippen molar-refractivity contribution < 1.29 is 15.1 Å². The van der Waals surface area contributed by atoms with Crippen LogP contribution in [0.2, 0.25) is 5.02 Å². The summed E-state index contributed by atoms with van der Waals surface area (Å²) < 4.78 is 0. The van der Waals surface area contributed by atoms with Gasteiger partial charge in [-0.1, -0.05) is 48.0 Å². The van der Waals surface area contributed by atoms with Crippen molar-refractivity contribution in [1.82, 2.24) is 5.48 Å². The molecule has 116 valence electrons. The van der Waals surface area contributed by atoms with Crippen LogP contribution in [-0.4, -0.2) is 27.7 Å². The monoisotopic (exact) mass is 337 g/mol. The van der Waals surface area contributed by atoms with Crippen LogP contribution in [0.3, 0.4) is 0 Å². The molecule has 3 N–H and O–H groups in total. The molecule has 1 unspecified atom stereocenters. The smallest absolute Gasteiger partial charge is 0.253 e. The van der Waals surface area contributed by atoms with Gasteiger partial charge in [0.25, 0.3) is 5.91 Å². The zero-order chi connectivity index (χ0) is 15.9. The number of thioether (sulfide) groups is 1. The van der Waals surface area contributed by atoms with E-state index in [1.54, 1.807) is 5.48 Å². The molecule has 0 aliphatic heterocycles. The summed E-state index contributed by atoms with van der Waals surface area (Å²) in [4.78, 5) is 10.9. The van der Waals surface area contributed by atoms with Crippen molar-refractivity contribution in [3.8, 4) is 11.1 Å². The molecule has 6 heteroatoms. The van der Waals surface area contributed by atoms with Crippen LogP contribution in [-0.2, 0) is 4.79 Å². The van der Waals surface area contributed by atoms with Gasteiger partial charge in [-0.05, 0) is 28.8 Å². The van der Waals surface area contributed by atoms with Crippen LogP contribution in [0.25, 0.3) is 11.1 Å². The number of hydroxylamine groups is 1. The average Bonchev–Trinajstić information content (AvgIpc) is 2.55. The van der Waals surface area contributed by atoms with Crippen molar-refractivity contribution in [3.63, 3.8) is 0 Å². The Morgan fingerprint density at radius 1 is 1.09 bits per heavy atom. The minimum absolute atomic E-state index is 0.108. The Morgan fingerprint density at radius 3 is 2.18 bits per heavy atom. The molecule has 1 amide bonds. The summed E-state index contributed by atoms with van der Waals surface area (Å²) in [6.07, 6.45) is -0.657. The van der Waals surface area contributed by atoms with Crippen molar-refractivity contribution in [3.05, 3.63) is 59.1 Å². The Balaban J connectivity index is 1.96. The first-order valence-corrected chi connectivity index (χ1v) is 8.18. The van der Waals surface area contributed by atoms with Gasteiger partial charge in [-0.15, -0.1) is 11.8 Å². The number of aliphatic hydroxyl groups excluding tert-OH is 1. The van der Waals surface area contributed by atoms with Gasteiger partial charge in [-0.2, -0.15) is 0 Å². The molecule has 0 aliphatic rings. The van der Waals surface area contributed by atoms with Crippen molar-refractivity contribution in [2.45, 2.75) is 6.10 Å². The van der Waals surface area contributed by atoms with Crippen LogP contribution in [0, 0.1) is 0 Å². The highest BCUT2D eigenvalue weighted by Crippen LogP contribution is 2.24. The number of hydrogen-bond donors (Lipinski definition) is 3. The summed E-state index contributed by atoms with van der Waals surface area (Å²) in [5, 5.41) is 19.2. The Morgan fingerprint density at radius 2 is 1.64 bits per heavy atom. The van der Waals surface area contributed by atoms with Gasteiger partial charge in [0, 0.05) is 10.8 Å². The fourth-order valence-electron chi connectivity index (χ4n) is 1.93. The minimum Gasteiger partial charge on any atom is -0.388 e. The lowest BCUT2D eigenvalue weighted by atomic mass is 10.0. The van der Waals surface area contributed by atoms with E-state index < -0.39 is 12.0 Å². The molecule has 2 aromatic carbocycles. The minimum atomic E-state index is -0.657. The van der Waals surface area contributed by atoms with Gasteiger partial charge in [-0.3, -0.25) is 10.0 Å². The topological polar surface area (TPSA) is 69.6 Å². The van der Waals surface area contributed by atoms with Crippen LogP contribution >= 0.6 is 23.4 Å². The second kappa shape index (κ2) is 8.19. The lowest BCUT2D eigenvalue weighted by molar-refractivity contribution is -0.126. The van der Waals surface area contributed by atoms with E-state index in [1.165, 1.54) is 11.8 Å². The standard InChI is InChI=1S/C16H16ClNO3S/c17-14-7-5-12(6-8-14)11-1-3-13(4-2-11)15(19)9-22-10-16(20)18-21/h1-8,15,19,21H,9-10H2,(H,18,20). The van der Waals surface area contributed by atoms with E-state index in [4.69, 9.17) is 16.8 Å². The predicted molar refractivity (Wildman–Crippen MR) is 89.1 cm³/mol. The normalized spacial score (nSPS) is 12.0. The van der Waals surface area contributed by atoms with E-state index in [0.717, 1.165) is 16.7 Å². The van der Waals surface area contributed by atoms with Crippen LogP contribution < -0.4 is 5.48 Å². The molecule has 0 saturated heterocycles. The van der Waals surface area contributed by atoms with Crippen molar-refractivity contribution >= 4 is 29.3 Å². The van der Waals surface area contributed by atoms with Crippen LogP contribution in [0.4, 0.5) is 0 Å². The number of amides is 1. The molecule has 0 heterocycles. The van der Waals surface area contributed by atoms with E-state index in [1.807, 2.05) is 48.5 Å². The average molecular weight is 338 g/mol. The molecular formula is C16H16ClNO3S. The fourth-order valence-corrected chi connectivity index (χ4v) is 2.84. The maximum Gasteiger partial charge on any atom is 0.253 e. The number of aliphatic hydroxyl groups is 1. The molecule has 0 aliphatic carbocycles. The molecular weight excluding hydrogens is 322 g/mol. The molecule has 0 fully saturated rings.